The van der Waals surface area contributed by atoms with Gasteiger partial charge in [0.05, 0.1) is 0 Å². The molecule has 0 radical (unpaired) electrons. The van der Waals surface area contributed by atoms with Crippen LogP contribution < -0.4 is 0 Å². The Balaban J connectivity index is 2.29. The van der Waals surface area contributed by atoms with Gasteiger partial charge >= 0.3 is 0 Å². The maximum absolute atomic E-state index is 3.51. The minimum atomic E-state index is 0.129. The predicted molar refractivity (Wildman–Crippen MR) is 84.8 cm³/mol. The summed E-state index contributed by atoms with van der Waals surface area (Å²) in [6, 6.07) is 19.9. The molecule has 0 aliphatic heterocycles. The Morgan fingerprint density at radius 1 is 1.00 bits per heavy atom. The van der Waals surface area contributed by atoms with Gasteiger partial charge in [-0.05, 0) is 36.4 Å². The van der Waals surface area contributed by atoms with E-state index in [0.29, 0.717) is 0 Å². The van der Waals surface area contributed by atoms with Crippen molar-refractivity contribution in [3.8, 4) is 4.90 Å². The molecule has 1 heterocycles. The zero-order valence-electron chi connectivity index (χ0n) is 10.2. The summed E-state index contributed by atoms with van der Waals surface area (Å²) >= 11 is 3.51. The minimum Gasteiger partial charge on any atom is -0.0613 e. The molecule has 0 aliphatic carbocycles. The van der Waals surface area contributed by atoms with Gasteiger partial charge in [-0.15, -0.1) is 0 Å². The van der Waals surface area contributed by atoms with Crippen LogP contribution in [-0.2, 0) is 6.42 Å². The van der Waals surface area contributed by atoms with E-state index < -0.39 is 0 Å². The Bertz CT molecular complexity index is 680. The topological polar surface area (TPSA) is 0 Å². The molecule has 90 valence electrons. The lowest BCUT2D eigenvalue weighted by Gasteiger charge is -1.95. The van der Waals surface area contributed by atoms with Crippen molar-refractivity contribution in [2.24, 2.45) is 0 Å². The molecule has 3 aromatic rings. The van der Waals surface area contributed by atoms with Crippen molar-refractivity contribution in [2.45, 2.75) is 13.3 Å². The van der Waals surface area contributed by atoms with E-state index in [4.69, 9.17) is 0 Å². The van der Waals surface area contributed by atoms with Crippen LogP contribution in [0.4, 0.5) is 0 Å². The van der Waals surface area contributed by atoms with Crippen molar-refractivity contribution >= 4 is 36.5 Å². The molecule has 0 fully saturated rings. The van der Waals surface area contributed by atoms with Gasteiger partial charge in [0.1, 0.15) is 0 Å². The number of hydrogen-bond donors (Lipinski definition) is 0. The van der Waals surface area contributed by atoms with Gasteiger partial charge in [0.2, 0.25) is 0 Å². The van der Waals surface area contributed by atoms with Crippen LogP contribution in [0.25, 0.3) is 15.0 Å². The normalized spacial score (nSPS) is 12.0. The van der Waals surface area contributed by atoms with E-state index in [0.717, 1.165) is 10.9 Å². The van der Waals surface area contributed by atoms with Crippen LogP contribution >= 0.6 is 26.4 Å². The highest BCUT2D eigenvalue weighted by Gasteiger charge is 2.21. The molecule has 1 aromatic heterocycles. The molecule has 0 N–H and O–H groups in total. The number of hydrogen-bond acceptors (Lipinski definition) is 0. The molecule has 0 bridgehead atoms. The smallest absolute Gasteiger partial charge is 0.0613 e. The molecule has 0 aliphatic rings. The monoisotopic (exact) mass is 317 g/mol. The number of rotatable bonds is 2. The average Bonchev–Trinajstić information content (AvgIpc) is 2.78. The lowest BCUT2D eigenvalue weighted by Crippen LogP contribution is -1.76. The number of benzene rings is 2. The second-order valence-electron chi connectivity index (χ2n) is 4.26. The molecule has 0 saturated heterocycles. The SMILES string of the molecule is CCc1cc2ccccc2[s+]1-c1ccc(Br)cc1. The van der Waals surface area contributed by atoms with Crippen LogP contribution in [0.1, 0.15) is 11.8 Å². The number of aryl methyl sites for hydroxylation is 1. The fraction of sp³-hybridized carbons (Fsp3) is 0.125. The van der Waals surface area contributed by atoms with Crippen LogP contribution in [-0.4, -0.2) is 0 Å². The van der Waals surface area contributed by atoms with E-state index >= 15 is 0 Å². The van der Waals surface area contributed by atoms with Gasteiger partial charge in [-0.3, -0.25) is 0 Å². The summed E-state index contributed by atoms with van der Waals surface area (Å²) in [7, 11) is 0.129. The third kappa shape index (κ3) is 2.00. The molecule has 3 rings (SSSR count). The molecule has 0 nitrogen and oxygen atoms in total. The summed E-state index contributed by atoms with van der Waals surface area (Å²) in [5.74, 6) is 0. The molecule has 18 heavy (non-hydrogen) atoms. The van der Waals surface area contributed by atoms with Crippen LogP contribution in [0.5, 0.6) is 0 Å². The van der Waals surface area contributed by atoms with Crippen molar-refractivity contribution in [1.82, 2.24) is 0 Å². The zero-order valence-corrected chi connectivity index (χ0v) is 12.6. The molecule has 2 heteroatoms. The van der Waals surface area contributed by atoms with Crippen molar-refractivity contribution in [3.05, 3.63) is 63.9 Å². The summed E-state index contributed by atoms with van der Waals surface area (Å²) in [5, 5.41) is 1.39. The largest absolute Gasteiger partial charge is 0.186 e. The van der Waals surface area contributed by atoms with Gasteiger partial charge in [-0.2, -0.15) is 0 Å². The molecule has 0 saturated carbocycles. The van der Waals surface area contributed by atoms with Crippen LogP contribution in [0.3, 0.4) is 0 Å². The van der Waals surface area contributed by atoms with Gasteiger partial charge in [0, 0.05) is 32.8 Å². The highest BCUT2D eigenvalue weighted by molar-refractivity contribution is 9.10. The average molecular weight is 318 g/mol. The lowest BCUT2D eigenvalue weighted by molar-refractivity contribution is 1.19. The third-order valence-corrected chi connectivity index (χ3v) is 6.13. The van der Waals surface area contributed by atoms with E-state index in [1.54, 1.807) is 4.88 Å². The Morgan fingerprint density at radius 3 is 2.44 bits per heavy atom. The predicted octanol–water partition coefficient (Wildman–Crippen LogP) is 5.90. The zero-order chi connectivity index (χ0) is 12.5. The maximum Gasteiger partial charge on any atom is 0.186 e. The van der Waals surface area contributed by atoms with Crippen LogP contribution in [0, 0.1) is 0 Å². The second kappa shape index (κ2) is 4.87. The van der Waals surface area contributed by atoms with Gasteiger partial charge in [0.25, 0.3) is 0 Å². The Labute approximate surface area is 118 Å². The summed E-state index contributed by atoms with van der Waals surface area (Å²) in [5.41, 5.74) is 0. The van der Waals surface area contributed by atoms with Crippen molar-refractivity contribution in [2.75, 3.05) is 0 Å². The minimum absolute atomic E-state index is 0.129. The first-order valence-electron chi connectivity index (χ1n) is 6.09. The highest BCUT2D eigenvalue weighted by atomic mass is 79.9. The van der Waals surface area contributed by atoms with Crippen molar-refractivity contribution < 1.29 is 0 Å². The van der Waals surface area contributed by atoms with E-state index in [2.05, 4.69) is 77.5 Å². The molecular formula is C16H14BrS+. The molecule has 2 aromatic carbocycles. The summed E-state index contributed by atoms with van der Waals surface area (Å²) < 4.78 is 2.61. The Morgan fingerprint density at radius 2 is 1.72 bits per heavy atom. The lowest BCUT2D eigenvalue weighted by atomic mass is 10.2. The summed E-state index contributed by atoms with van der Waals surface area (Å²) in [6.45, 7) is 2.25. The van der Waals surface area contributed by atoms with Crippen LogP contribution in [0.15, 0.2) is 59.1 Å². The summed E-state index contributed by atoms with van der Waals surface area (Å²) in [6.07, 6.45) is 1.12. The van der Waals surface area contributed by atoms with Gasteiger partial charge < -0.3 is 0 Å². The van der Waals surface area contributed by atoms with Gasteiger partial charge in [-0.25, -0.2) is 0 Å². The van der Waals surface area contributed by atoms with E-state index in [9.17, 15) is 0 Å². The standard InChI is InChI=1S/C16H14BrS/c1-2-14-11-12-5-3-4-6-16(12)18(14)15-9-7-13(17)8-10-15/h3-11H,2H2,1H3/q+1. The third-order valence-electron chi connectivity index (χ3n) is 3.12. The Hall–Kier alpha value is -1.12. The molecular weight excluding hydrogens is 304 g/mol. The first kappa shape index (κ1) is 11.9. The van der Waals surface area contributed by atoms with E-state index in [-0.39, 0.29) is 10.5 Å². The van der Waals surface area contributed by atoms with Gasteiger partial charge in [0.15, 0.2) is 14.5 Å². The maximum atomic E-state index is 3.51. The molecule has 1 atom stereocenters. The molecule has 0 spiro atoms. The Kier molecular flexibility index (Phi) is 3.23. The first-order valence-corrected chi connectivity index (χ1v) is 8.11. The number of fused-ring (bicyclic) bond motifs is 1. The van der Waals surface area contributed by atoms with E-state index in [1.165, 1.54) is 15.0 Å². The quantitative estimate of drug-likeness (QED) is 0.516. The second-order valence-corrected chi connectivity index (χ2v) is 7.23. The van der Waals surface area contributed by atoms with E-state index in [1.807, 2.05) is 0 Å². The first-order chi connectivity index (χ1) is 8.79. The van der Waals surface area contributed by atoms with Crippen molar-refractivity contribution in [3.63, 3.8) is 0 Å². The molecule has 0 amide bonds. The molecule has 1 unspecified atom stereocenters. The number of halogens is 1. The van der Waals surface area contributed by atoms with Crippen molar-refractivity contribution in [1.29, 1.82) is 0 Å². The van der Waals surface area contributed by atoms with Crippen LogP contribution in [0.2, 0.25) is 0 Å². The number of thiophene rings is 1. The fourth-order valence-corrected chi connectivity index (χ4v) is 4.88. The fourth-order valence-electron chi connectivity index (χ4n) is 2.25. The summed E-state index contributed by atoms with van der Waals surface area (Å²) in [4.78, 5) is 2.95. The van der Waals surface area contributed by atoms with Gasteiger partial charge in [-0.1, -0.05) is 35.0 Å². The highest BCUT2D eigenvalue weighted by Crippen LogP contribution is 2.44.